The second kappa shape index (κ2) is 51.8. The van der Waals surface area contributed by atoms with Crippen molar-refractivity contribution in [3.8, 4) is 0 Å². The summed E-state index contributed by atoms with van der Waals surface area (Å²) in [7, 11) is 0. The highest BCUT2D eigenvalue weighted by Gasteiger charge is 2.27. The number of hydrogen-bond donors (Lipinski definition) is 4. The lowest BCUT2D eigenvalue weighted by Gasteiger charge is -2.29. The molecule has 0 rings (SSSR count). The summed E-state index contributed by atoms with van der Waals surface area (Å²) in [6.45, 7) is 8.96. The highest BCUT2D eigenvalue weighted by Crippen LogP contribution is 2.23. The Labute approximate surface area is 406 Å². The maximum Gasteiger partial charge on any atom is 0.220 e. The molecule has 0 heterocycles. The summed E-state index contributed by atoms with van der Waals surface area (Å²) < 4.78 is 0. The van der Waals surface area contributed by atoms with Crippen LogP contribution in [-0.4, -0.2) is 42.9 Å². The van der Waals surface area contributed by atoms with E-state index < -0.39 is 5.54 Å². The van der Waals surface area contributed by atoms with E-state index in [4.69, 9.17) is 5.73 Å². The van der Waals surface area contributed by atoms with Crippen LogP contribution < -0.4 is 21.7 Å². The number of rotatable bonds is 54. The predicted molar refractivity (Wildman–Crippen MR) is 285 cm³/mol. The molecule has 7 nitrogen and oxygen atoms in total. The Bertz CT molecular complexity index is 884. The van der Waals surface area contributed by atoms with Crippen LogP contribution in [0.3, 0.4) is 0 Å². The summed E-state index contributed by atoms with van der Waals surface area (Å²) >= 11 is 0. The normalized spacial score (nSPS) is 11.6. The average Bonchev–Trinajstić information content (AvgIpc) is 3.30. The molecule has 0 aromatic rings. The monoisotopic (exact) mass is 917 g/mol. The first-order valence-corrected chi connectivity index (χ1v) is 29.5. The van der Waals surface area contributed by atoms with E-state index in [-0.39, 0.29) is 17.7 Å². The van der Waals surface area contributed by atoms with Gasteiger partial charge in [-0.1, -0.05) is 271 Å². The van der Waals surface area contributed by atoms with Crippen LogP contribution >= 0.6 is 0 Å². The summed E-state index contributed by atoms with van der Waals surface area (Å²) in [5.74, 6) is 0.0806. The Hall–Kier alpha value is -1.63. The second-order valence-corrected chi connectivity index (χ2v) is 20.7. The van der Waals surface area contributed by atoms with Crippen molar-refractivity contribution in [3.05, 3.63) is 0 Å². The van der Waals surface area contributed by atoms with Crippen LogP contribution in [0, 0.1) is 0 Å². The van der Waals surface area contributed by atoms with Gasteiger partial charge < -0.3 is 21.7 Å². The predicted octanol–water partition coefficient (Wildman–Crippen LogP) is 16.8. The van der Waals surface area contributed by atoms with Gasteiger partial charge in [-0.15, -0.1) is 0 Å². The summed E-state index contributed by atoms with van der Waals surface area (Å²) in [6, 6.07) is 0. The van der Waals surface area contributed by atoms with Gasteiger partial charge in [0.1, 0.15) is 0 Å². The molecule has 386 valence electrons. The minimum Gasteiger partial charge on any atom is -0.356 e. The quantitative estimate of drug-likeness (QED) is 0.0455. The molecule has 0 aromatic carbocycles. The third-order valence-corrected chi connectivity index (χ3v) is 14.1. The zero-order valence-electron chi connectivity index (χ0n) is 44.4. The first kappa shape index (κ1) is 63.4. The van der Waals surface area contributed by atoms with Crippen LogP contribution in [-0.2, 0) is 14.4 Å². The molecule has 0 saturated carbocycles. The number of unbranched alkanes of at least 4 members (excludes halogenated alkanes) is 39. The fourth-order valence-corrected chi connectivity index (χ4v) is 9.37. The van der Waals surface area contributed by atoms with Crippen molar-refractivity contribution in [2.75, 3.05) is 19.6 Å². The van der Waals surface area contributed by atoms with E-state index in [1.807, 2.05) is 0 Å². The van der Waals surface area contributed by atoms with Gasteiger partial charge in [0.25, 0.3) is 0 Å². The van der Waals surface area contributed by atoms with Crippen molar-refractivity contribution in [1.29, 1.82) is 0 Å². The topological polar surface area (TPSA) is 113 Å². The van der Waals surface area contributed by atoms with E-state index in [0.717, 1.165) is 38.5 Å². The summed E-state index contributed by atoms with van der Waals surface area (Å²) in [5.41, 5.74) is 6.23. The molecule has 0 fully saturated rings. The van der Waals surface area contributed by atoms with Gasteiger partial charge in [0.2, 0.25) is 17.7 Å². The molecule has 0 aliphatic heterocycles. The average molecular weight is 918 g/mol. The van der Waals surface area contributed by atoms with E-state index in [2.05, 4.69) is 36.7 Å². The van der Waals surface area contributed by atoms with E-state index in [1.165, 1.54) is 231 Å². The lowest BCUT2D eigenvalue weighted by atomic mass is 9.84. The second-order valence-electron chi connectivity index (χ2n) is 20.7. The van der Waals surface area contributed by atoms with Crippen molar-refractivity contribution in [3.63, 3.8) is 0 Å². The van der Waals surface area contributed by atoms with Crippen molar-refractivity contribution < 1.29 is 14.4 Å². The van der Waals surface area contributed by atoms with Crippen LogP contribution in [0.4, 0.5) is 0 Å². The van der Waals surface area contributed by atoms with Gasteiger partial charge in [0.05, 0.1) is 0 Å². The Morgan fingerprint density at radius 1 is 0.277 bits per heavy atom. The van der Waals surface area contributed by atoms with Crippen molar-refractivity contribution in [2.24, 2.45) is 5.73 Å². The minimum atomic E-state index is -0.731. The third kappa shape index (κ3) is 50.1. The molecule has 0 atom stereocenters. The number of nitrogens with two attached hydrogens (primary N) is 1. The van der Waals surface area contributed by atoms with Gasteiger partial charge in [-0.25, -0.2) is 0 Å². The van der Waals surface area contributed by atoms with Crippen LogP contribution in [0.15, 0.2) is 0 Å². The standard InChI is InChI=1S/C58H116N4O3/c1-4-7-10-13-16-19-22-25-28-31-34-37-40-43-52-60-55(63)46-49-58(59,50-47-56(64)61-53-44-41-38-35-32-29-26-23-20-17-14-11-8-5-2)51-48-57(65)62-54-45-42-39-36-33-30-27-24-21-18-15-12-9-6-3/h4-54,59H2,1-3H3,(H,60,63)(H,61,64)(H,62,65). The van der Waals surface area contributed by atoms with Crippen LogP contribution in [0.25, 0.3) is 0 Å². The molecule has 0 bridgehead atoms. The number of amides is 3. The lowest BCUT2D eigenvalue weighted by molar-refractivity contribution is -0.121. The molecule has 0 radical (unpaired) electrons. The number of carbonyl (C=O) groups is 3. The fraction of sp³-hybridized carbons (Fsp3) is 0.948. The summed E-state index contributed by atoms with van der Waals surface area (Å²) in [4.78, 5) is 38.7. The van der Waals surface area contributed by atoms with Crippen LogP contribution in [0.1, 0.15) is 329 Å². The Balaban J connectivity index is 4.41. The van der Waals surface area contributed by atoms with Gasteiger partial charge in [-0.05, 0) is 38.5 Å². The highest BCUT2D eigenvalue weighted by molar-refractivity contribution is 5.77. The maximum atomic E-state index is 12.9. The smallest absolute Gasteiger partial charge is 0.220 e. The number of nitrogens with one attached hydrogen (secondary N) is 3. The largest absolute Gasteiger partial charge is 0.356 e. The molecular weight excluding hydrogens is 801 g/mol. The summed E-state index contributed by atoms with van der Waals surface area (Å²) in [6.07, 6.45) is 57.9. The van der Waals surface area contributed by atoms with Gasteiger partial charge in [-0.3, -0.25) is 14.4 Å². The molecule has 0 aromatic heterocycles. The molecule has 0 spiro atoms. The molecule has 0 aliphatic rings. The molecule has 0 saturated heterocycles. The van der Waals surface area contributed by atoms with Gasteiger partial charge in [0, 0.05) is 44.4 Å². The highest BCUT2D eigenvalue weighted by atomic mass is 16.2. The van der Waals surface area contributed by atoms with E-state index >= 15 is 0 Å². The van der Waals surface area contributed by atoms with Crippen LogP contribution in [0.2, 0.25) is 0 Å². The third-order valence-electron chi connectivity index (χ3n) is 14.1. The van der Waals surface area contributed by atoms with E-state index in [1.54, 1.807) is 0 Å². The van der Waals surface area contributed by atoms with Crippen molar-refractivity contribution >= 4 is 17.7 Å². The van der Waals surface area contributed by atoms with E-state index in [0.29, 0.717) is 58.2 Å². The molecule has 65 heavy (non-hydrogen) atoms. The lowest BCUT2D eigenvalue weighted by Crippen LogP contribution is -2.43. The minimum absolute atomic E-state index is 0.0269. The number of carbonyl (C=O) groups excluding carboxylic acids is 3. The van der Waals surface area contributed by atoms with Gasteiger partial charge in [-0.2, -0.15) is 0 Å². The zero-order chi connectivity index (χ0) is 47.4. The molecule has 5 N–H and O–H groups in total. The number of hydrogen-bond acceptors (Lipinski definition) is 4. The Morgan fingerprint density at radius 2 is 0.431 bits per heavy atom. The molecule has 7 heteroatoms. The SMILES string of the molecule is CCCCCCCCCCCCCCCCNC(=O)CCC(N)(CCC(=O)NCCCCCCCCCCCCCCCC)CCC(=O)NCCCCCCCCCCCCCCCC. The molecule has 0 aliphatic carbocycles. The molecular formula is C58H116N4O3. The maximum absolute atomic E-state index is 12.9. The first-order chi connectivity index (χ1) is 31.9. The van der Waals surface area contributed by atoms with Crippen molar-refractivity contribution in [1.82, 2.24) is 16.0 Å². The summed E-state index contributed by atoms with van der Waals surface area (Å²) in [5, 5.41) is 9.35. The van der Waals surface area contributed by atoms with Gasteiger partial charge in [0.15, 0.2) is 0 Å². The molecule has 3 amide bonds. The Kier molecular flexibility index (Phi) is 50.5. The van der Waals surface area contributed by atoms with E-state index in [9.17, 15) is 14.4 Å². The van der Waals surface area contributed by atoms with Crippen molar-refractivity contribution in [2.45, 2.75) is 335 Å². The first-order valence-electron chi connectivity index (χ1n) is 29.5. The van der Waals surface area contributed by atoms with Gasteiger partial charge >= 0.3 is 0 Å². The van der Waals surface area contributed by atoms with Crippen LogP contribution in [0.5, 0.6) is 0 Å². The Morgan fingerprint density at radius 3 is 0.600 bits per heavy atom. The zero-order valence-corrected chi connectivity index (χ0v) is 44.4. The fourth-order valence-electron chi connectivity index (χ4n) is 9.37. The molecule has 0 unspecified atom stereocenters.